The van der Waals surface area contributed by atoms with Crippen LogP contribution in [0.15, 0.2) is 48.5 Å². The largest absolute Gasteiger partial charge is 0.372 e. The van der Waals surface area contributed by atoms with E-state index in [-0.39, 0.29) is 24.3 Å². The monoisotopic (exact) mass is 395 g/mol. The SMILES string of the molecule is CCN(CC)c1ccc(NC(=O)CC(=O)N(Cc2ccccc2)C(C)C)c(C)c1. The van der Waals surface area contributed by atoms with Crippen molar-refractivity contribution in [3.63, 3.8) is 0 Å². The van der Waals surface area contributed by atoms with Gasteiger partial charge in [-0.25, -0.2) is 0 Å². The summed E-state index contributed by atoms with van der Waals surface area (Å²) in [4.78, 5) is 29.3. The average Bonchev–Trinajstić information content (AvgIpc) is 2.69. The molecular weight excluding hydrogens is 362 g/mol. The highest BCUT2D eigenvalue weighted by Crippen LogP contribution is 2.23. The Hall–Kier alpha value is -2.82. The highest BCUT2D eigenvalue weighted by molar-refractivity contribution is 6.04. The minimum Gasteiger partial charge on any atom is -0.372 e. The van der Waals surface area contributed by atoms with E-state index in [1.807, 2.05) is 63.2 Å². The molecule has 0 saturated carbocycles. The van der Waals surface area contributed by atoms with Crippen LogP contribution in [0.1, 0.15) is 45.2 Å². The maximum Gasteiger partial charge on any atom is 0.233 e. The molecule has 1 N–H and O–H groups in total. The normalized spacial score (nSPS) is 10.7. The number of hydrogen-bond donors (Lipinski definition) is 1. The van der Waals surface area contributed by atoms with Gasteiger partial charge in [0.2, 0.25) is 11.8 Å². The van der Waals surface area contributed by atoms with Crippen LogP contribution in [0.25, 0.3) is 0 Å². The van der Waals surface area contributed by atoms with Gasteiger partial charge in [-0.1, -0.05) is 30.3 Å². The van der Waals surface area contributed by atoms with Gasteiger partial charge < -0.3 is 15.1 Å². The molecule has 0 spiro atoms. The van der Waals surface area contributed by atoms with E-state index in [2.05, 4.69) is 30.1 Å². The van der Waals surface area contributed by atoms with Crippen LogP contribution in [0.5, 0.6) is 0 Å². The van der Waals surface area contributed by atoms with E-state index >= 15 is 0 Å². The Balaban J connectivity index is 2.02. The van der Waals surface area contributed by atoms with Crippen LogP contribution in [0.4, 0.5) is 11.4 Å². The Labute approximate surface area is 174 Å². The Morgan fingerprint density at radius 3 is 2.21 bits per heavy atom. The molecule has 0 radical (unpaired) electrons. The lowest BCUT2D eigenvalue weighted by molar-refractivity contribution is -0.136. The van der Waals surface area contributed by atoms with Gasteiger partial charge in [-0.05, 0) is 63.9 Å². The zero-order chi connectivity index (χ0) is 21.4. The van der Waals surface area contributed by atoms with Crippen molar-refractivity contribution in [2.24, 2.45) is 0 Å². The Bertz CT molecular complexity index is 814. The van der Waals surface area contributed by atoms with Crippen LogP contribution in [0.2, 0.25) is 0 Å². The van der Waals surface area contributed by atoms with Gasteiger partial charge in [0.15, 0.2) is 0 Å². The molecule has 0 aliphatic heterocycles. The highest BCUT2D eigenvalue weighted by atomic mass is 16.2. The van der Waals surface area contributed by atoms with E-state index in [0.717, 1.165) is 35.6 Å². The van der Waals surface area contributed by atoms with Crippen molar-refractivity contribution >= 4 is 23.2 Å². The topological polar surface area (TPSA) is 52.7 Å². The van der Waals surface area contributed by atoms with Gasteiger partial charge >= 0.3 is 0 Å². The molecule has 2 aromatic rings. The summed E-state index contributed by atoms with van der Waals surface area (Å²) < 4.78 is 0. The van der Waals surface area contributed by atoms with Crippen molar-refractivity contribution in [2.45, 2.75) is 53.6 Å². The van der Waals surface area contributed by atoms with E-state index in [1.54, 1.807) is 4.90 Å². The minimum atomic E-state index is -0.285. The van der Waals surface area contributed by atoms with E-state index in [9.17, 15) is 9.59 Å². The third-order valence-electron chi connectivity index (χ3n) is 5.06. The molecule has 0 unspecified atom stereocenters. The van der Waals surface area contributed by atoms with Gasteiger partial charge in [0.1, 0.15) is 6.42 Å². The summed E-state index contributed by atoms with van der Waals surface area (Å²) in [5.74, 6) is -0.453. The summed E-state index contributed by atoms with van der Waals surface area (Å²) in [6.07, 6.45) is -0.164. The van der Waals surface area contributed by atoms with Crippen LogP contribution in [0.3, 0.4) is 0 Å². The minimum absolute atomic E-state index is 0.0191. The number of amides is 2. The van der Waals surface area contributed by atoms with E-state index in [0.29, 0.717) is 6.54 Å². The van der Waals surface area contributed by atoms with Crippen LogP contribution in [0, 0.1) is 6.92 Å². The molecule has 0 aliphatic carbocycles. The molecule has 0 aliphatic rings. The van der Waals surface area contributed by atoms with Crippen LogP contribution in [-0.2, 0) is 16.1 Å². The number of benzene rings is 2. The van der Waals surface area contributed by atoms with Gasteiger partial charge in [-0.3, -0.25) is 9.59 Å². The number of hydrogen-bond acceptors (Lipinski definition) is 3. The molecule has 2 rings (SSSR count). The smallest absolute Gasteiger partial charge is 0.233 e. The van der Waals surface area contributed by atoms with Gasteiger partial charge in [-0.2, -0.15) is 0 Å². The van der Waals surface area contributed by atoms with Crippen molar-refractivity contribution in [3.05, 3.63) is 59.7 Å². The van der Waals surface area contributed by atoms with Crippen molar-refractivity contribution in [2.75, 3.05) is 23.3 Å². The Morgan fingerprint density at radius 1 is 1.00 bits per heavy atom. The lowest BCUT2D eigenvalue weighted by Crippen LogP contribution is -2.38. The molecule has 0 bridgehead atoms. The number of anilines is 2. The van der Waals surface area contributed by atoms with E-state index in [4.69, 9.17) is 0 Å². The fourth-order valence-electron chi connectivity index (χ4n) is 3.35. The van der Waals surface area contributed by atoms with Crippen molar-refractivity contribution in [1.29, 1.82) is 0 Å². The van der Waals surface area contributed by atoms with Crippen LogP contribution in [-0.4, -0.2) is 35.8 Å². The zero-order valence-corrected chi connectivity index (χ0v) is 18.2. The predicted molar refractivity (Wildman–Crippen MR) is 120 cm³/mol. The quantitative estimate of drug-likeness (QED) is 0.631. The molecule has 0 fully saturated rings. The molecule has 5 nitrogen and oxygen atoms in total. The first kappa shape index (κ1) is 22.5. The molecule has 156 valence electrons. The van der Waals surface area contributed by atoms with Gasteiger partial charge in [0.05, 0.1) is 0 Å². The maximum atomic E-state index is 12.8. The first-order valence-electron chi connectivity index (χ1n) is 10.3. The van der Waals surface area contributed by atoms with E-state index < -0.39 is 0 Å². The third kappa shape index (κ3) is 6.34. The molecule has 0 saturated heterocycles. The van der Waals surface area contributed by atoms with Crippen molar-refractivity contribution in [3.8, 4) is 0 Å². The second kappa shape index (κ2) is 10.6. The lowest BCUT2D eigenvalue weighted by Gasteiger charge is -2.27. The van der Waals surface area contributed by atoms with Crippen LogP contribution >= 0.6 is 0 Å². The number of carbonyl (C=O) groups excluding carboxylic acids is 2. The summed E-state index contributed by atoms with van der Waals surface area (Å²) in [7, 11) is 0. The molecule has 0 heterocycles. The summed E-state index contributed by atoms with van der Waals surface area (Å²) in [6.45, 7) is 12.5. The fourth-order valence-corrected chi connectivity index (χ4v) is 3.35. The molecule has 2 aromatic carbocycles. The molecule has 5 heteroatoms. The number of nitrogens with one attached hydrogen (secondary N) is 1. The summed E-state index contributed by atoms with van der Waals surface area (Å²) in [5.41, 5.74) is 3.92. The predicted octanol–water partition coefficient (Wildman–Crippen LogP) is 4.61. The zero-order valence-electron chi connectivity index (χ0n) is 18.2. The van der Waals surface area contributed by atoms with Gasteiger partial charge in [0.25, 0.3) is 0 Å². The number of rotatable bonds is 9. The third-order valence-corrected chi connectivity index (χ3v) is 5.06. The Morgan fingerprint density at radius 2 is 1.66 bits per heavy atom. The van der Waals surface area contributed by atoms with Gasteiger partial charge in [0, 0.05) is 37.1 Å². The first-order chi connectivity index (χ1) is 13.8. The fraction of sp³-hybridized carbons (Fsp3) is 0.417. The molecule has 0 aromatic heterocycles. The van der Waals surface area contributed by atoms with Crippen molar-refractivity contribution < 1.29 is 9.59 Å². The summed E-state index contributed by atoms with van der Waals surface area (Å²) in [6, 6.07) is 15.8. The molecular formula is C24H33N3O2. The lowest BCUT2D eigenvalue weighted by atomic mass is 10.1. The molecule has 2 amide bonds. The number of aryl methyl sites for hydroxylation is 1. The number of nitrogens with zero attached hydrogens (tertiary/aromatic N) is 2. The second-order valence-corrected chi connectivity index (χ2v) is 7.50. The second-order valence-electron chi connectivity index (χ2n) is 7.50. The first-order valence-corrected chi connectivity index (χ1v) is 10.3. The molecule has 29 heavy (non-hydrogen) atoms. The maximum absolute atomic E-state index is 12.8. The van der Waals surface area contributed by atoms with E-state index in [1.165, 1.54) is 0 Å². The highest BCUT2D eigenvalue weighted by Gasteiger charge is 2.20. The average molecular weight is 396 g/mol. The van der Waals surface area contributed by atoms with Crippen LogP contribution < -0.4 is 10.2 Å². The van der Waals surface area contributed by atoms with Gasteiger partial charge in [-0.15, -0.1) is 0 Å². The Kier molecular flexibility index (Phi) is 8.25. The summed E-state index contributed by atoms with van der Waals surface area (Å²) in [5, 5.41) is 2.90. The number of carbonyl (C=O) groups is 2. The standard InChI is InChI=1S/C24H33N3O2/c1-6-26(7-2)21-13-14-22(19(5)15-21)25-23(28)16-24(29)27(18(3)4)17-20-11-9-8-10-12-20/h8-15,18H,6-7,16-17H2,1-5H3,(H,25,28). The molecule has 0 atom stereocenters. The summed E-state index contributed by atoms with van der Waals surface area (Å²) >= 11 is 0. The van der Waals surface area contributed by atoms with Crippen molar-refractivity contribution in [1.82, 2.24) is 4.90 Å².